The SMILES string of the molecule is COc1cc(C=C(C#N)c2nc3ccccc3s2)ccc1OCc1ccc(C(C)(C)C)cc1. The van der Waals surface area contributed by atoms with E-state index in [9.17, 15) is 5.26 Å². The predicted molar refractivity (Wildman–Crippen MR) is 136 cm³/mol. The Morgan fingerprint density at radius 2 is 1.79 bits per heavy atom. The molecule has 4 rings (SSSR count). The molecule has 0 atom stereocenters. The number of benzene rings is 3. The fourth-order valence-corrected chi connectivity index (χ4v) is 4.38. The molecule has 0 unspecified atom stereocenters. The van der Waals surface area contributed by atoms with Crippen molar-refractivity contribution in [2.24, 2.45) is 0 Å². The lowest BCUT2D eigenvalue weighted by molar-refractivity contribution is 0.284. The molecule has 0 radical (unpaired) electrons. The van der Waals surface area contributed by atoms with Gasteiger partial charge >= 0.3 is 0 Å². The Hall–Kier alpha value is -3.62. The number of hydrogen-bond donors (Lipinski definition) is 0. The lowest BCUT2D eigenvalue weighted by atomic mass is 9.87. The summed E-state index contributed by atoms with van der Waals surface area (Å²) in [5.74, 6) is 1.28. The van der Waals surface area contributed by atoms with E-state index >= 15 is 0 Å². The molecule has 0 saturated carbocycles. The van der Waals surface area contributed by atoms with Crippen molar-refractivity contribution in [2.75, 3.05) is 7.11 Å². The highest BCUT2D eigenvalue weighted by Gasteiger charge is 2.13. The fourth-order valence-electron chi connectivity index (χ4n) is 3.45. The topological polar surface area (TPSA) is 55.1 Å². The smallest absolute Gasteiger partial charge is 0.161 e. The molecule has 0 aliphatic carbocycles. The van der Waals surface area contributed by atoms with Crippen molar-refractivity contribution >= 4 is 33.2 Å². The van der Waals surface area contributed by atoms with Crippen LogP contribution in [0.2, 0.25) is 0 Å². The molecule has 1 aromatic heterocycles. The molecule has 5 heteroatoms. The molecule has 0 saturated heterocycles. The van der Waals surface area contributed by atoms with E-state index in [0.717, 1.165) is 21.3 Å². The molecule has 0 N–H and O–H groups in total. The highest BCUT2D eigenvalue weighted by atomic mass is 32.1. The molecule has 0 fully saturated rings. The van der Waals surface area contributed by atoms with E-state index in [1.807, 2.05) is 48.5 Å². The van der Waals surface area contributed by atoms with Crippen LogP contribution < -0.4 is 9.47 Å². The lowest BCUT2D eigenvalue weighted by Gasteiger charge is -2.19. The van der Waals surface area contributed by atoms with E-state index in [-0.39, 0.29) is 5.41 Å². The van der Waals surface area contributed by atoms with Gasteiger partial charge in [-0.1, -0.05) is 63.2 Å². The Morgan fingerprint density at radius 3 is 2.45 bits per heavy atom. The fraction of sp³-hybridized carbons (Fsp3) is 0.214. The first-order valence-corrected chi connectivity index (χ1v) is 11.6. The number of fused-ring (bicyclic) bond motifs is 1. The van der Waals surface area contributed by atoms with Gasteiger partial charge in [0, 0.05) is 0 Å². The molecule has 0 aliphatic rings. The average molecular weight is 455 g/mol. The Balaban J connectivity index is 1.53. The van der Waals surface area contributed by atoms with Crippen LogP contribution in [0.3, 0.4) is 0 Å². The molecule has 33 heavy (non-hydrogen) atoms. The van der Waals surface area contributed by atoms with Gasteiger partial charge in [0.15, 0.2) is 11.5 Å². The van der Waals surface area contributed by atoms with Crippen LogP contribution in [0.5, 0.6) is 11.5 Å². The average Bonchev–Trinajstić information content (AvgIpc) is 3.25. The van der Waals surface area contributed by atoms with E-state index in [1.165, 1.54) is 16.9 Å². The molecule has 0 spiro atoms. The van der Waals surface area contributed by atoms with Crippen molar-refractivity contribution in [3.05, 3.63) is 88.4 Å². The molecule has 4 aromatic rings. The van der Waals surface area contributed by atoms with Gasteiger partial charge in [-0.15, -0.1) is 11.3 Å². The Morgan fingerprint density at radius 1 is 1.03 bits per heavy atom. The summed E-state index contributed by atoms with van der Waals surface area (Å²) in [4.78, 5) is 4.60. The zero-order chi connectivity index (χ0) is 23.4. The molecule has 0 aliphatic heterocycles. The first-order valence-electron chi connectivity index (χ1n) is 10.8. The van der Waals surface area contributed by atoms with Crippen LogP contribution in [-0.4, -0.2) is 12.1 Å². The molecule has 3 aromatic carbocycles. The second-order valence-electron chi connectivity index (χ2n) is 8.80. The van der Waals surface area contributed by atoms with Crippen LogP contribution >= 0.6 is 11.3 Å². The zero-order valence-corrected chi connectivity index (χ0v) is 20.1. The second-order valence-corrected chi connectivity index (χ2v) is 9.83. The number of methoxy groups -OCH3 is 1. The van der Waals surface area contributed by atoms with Crippen molar-refractivity contribution in [1.82, 2.24) is 4.98 Å². The van der Waals surface area contributed by atoms with Crippen LogP contribution in [0.1, 0.15) is 42.5 Å². The first kappa shape index (κ1) is 22.6. The molecular formula is C28H26N2O2S. The van der Waals surface area contributed by atoms with Crippen molar-refractivity contribution in [3.8, 4) is 17.6 Å². The quantitative estimate of drug-likeness (QED) is 0.288. The summed E-state index contributed by atoms with van der Waals surface area (Å²) in [6.07, 6.45) is 1.83. The van der Waals surface area contributed by atoms with E-state index in [1.54, 1.807) is 7.11 Å². The highest BCUT2D eigenvalue weighted by Crippen LogP contribution is 2.32. The maximum Gasteiger partial charge on any atom is 0.161 e. The monoisotopic (exact) mass is 454 g/mol. The molecule has 166 valence electrons. The van der Waals surface area contributed by atoms with Crippen LogP contribution in [0.4, 0.5) is 0 Å². The molecule has 0 amide bonds. The van der Waals surface area contributed by atoms with E-state index in [4.69, 9.17) is 9.47 Å². The number of allylic oxidation sites excluding steroid dienone is 1. The third-order valence-corrected chi connectivity index (χ3v) is 6.43. The van der Waals surface area contributed by atoms with Crippen LogP contribution in [-0.2, 0) is 12.0 Å². The summed E-state index contributed by atoms with van der Waals surface area (Å²) in [5, 5.41) is 10.4. The predicted octanol–water partition coefficient (Wildman–Crippen LogP) is 7.25. The summed E-state index contributed by atoms with van der Waals surface area (Å²) in [6.45, 7) is 7.06. The minimum Gasteiger partial charge on any atom is -0.493 e. The Kier molecular flexibility index (Phi) is 6.48. The van der Waals surface area contributed by atoms with Gasteiger partial charge in [-0.2, -0.15) is 5.26 Å². The lowest BCUT2D eigenvalue weighted by Crippen LogP contribution is -2.10. The van der Waals surface area contributed by atoms with Crippen molar-refractivity contribution < 1.29 is 9.47 Å². The summed E-state index contributed by atoms with van der Waals surface area (Å²) in [7, 11) is 1.62. The van der Waals surface area contributed by atoms with Crippen LogP contribution in [0.15, 0.2) is 66.7 Å². The maximum atomic E-state index is 9.72. The van der Waals surface area contributed by atoms with E-state index in [2.05, 4.69) is 56.1 Å². The number of para-hydroxylation sites is 1. The van der Waals surface area contributed by atoms with Gasteiger partial charge in [0.05, 0.1) is 22.9 Å². The second kappa shape index (κ2) is 9.48. The van der Waals surface area contributed by atoms with Crippen molar-refractivity contribution in [2.45, 2.75) is 32.8 Å². The molecular weight excluding hydrogens is 428 g/mol. The maximum absolute atomic E-state index is 9.72. The largest absolute Gasteiger partial charge is 0.493 e. The van der Waals surface area contributed by atoms with Crippen LogP contribution in [0, 0.1) is 11.3 Å². The zero-order valence-electron chi connectivity index (χ0n) is 19.3. The standard InChI is InChI=1S/C28H26N2O2S/c1-28(2,3)22-12-9-19(10-13-22)18-32-24-14-11-20(16-25(24)31-4)15-21(17-29)27-30-23-7-5-6-8-26(23)33-27/h5-16H,18H2,1-4H3. The Labute approximate surface area is 198 Å². The van der Waals surface area contributed by atoms with Gasteiger partial charge in [-0.3, -0.25) is 0 Å². The van der Waals surface area contributed by atoms with Gasteiger partial charge in [0.2, 0.25) is 0 Å². The summed E-state index contributed by atoms with van der Waals surface area (Å²) >= 11 is 1.51. The molecule has 4 nitrogen and oxygen atoms in total. The first-order chi connectivity index (χ1) is 15.9. The van der Waals surface area contributed by atoms with Crippen molar-refractivity contribution in [3.63, 3.8) is 0 Å². The number of rotatable bonds is 6. The van der Waals surface area contributed by atoms with Gasteiger partial charge in [0.25, 0.3) is 0 Å². The minimum atomic E-state index is 0.125. The normalized spacial score (nSPS) is 11.9. The Bertz CT molecular complexity index is 1310. The third kappa shape index (κ3) is 5.24. The van der Waals surface area contributed by atoms with Gasteiger partial charge in [0.1, 0.15) is 17.7 Å². The number of aromatic nitrogens is 1. The highest BCUT2D eigenvalue weighted by molar-refractivity contribution is 7.19. The van der Waals surface area contributed by atoms with Gasteiger partial charge < -0.3 is 9.47 Å². The summed E-state index contributed by atoms with van der Waals surface area (Å²) in [6, 6.07) is 24.3. The van der Waals surface area contributed by atoms with E-state index in [0.29, 0.717) is 28.7 Å². The van der Waals surface area contributed by atoms with E-state index < -0.39 is 0 Å². The summed E-state index contributed by atoms with van der Waals surface area (Å²) in [5.41, 5.74) is 4.78. The number of nitrogens with zero attached hydrogens (tertiary/aromatic N) is 2. The van der Waals surface area contributed by atoms with Gasteiger partial charge in [-0.25, -0.2) is 4.98 Å². The van der Waals surface area contributed by atoms with Crippen LogP contribution in [0.25, 0.3) is 21.9 Å². The summed E-state index contributed by atoms with van der Waals surface area (Å²) < 4.78 is 12.6. The number of hydrogen-bond acceptors (Lipinski definition) is 5. The molecule has 1 heterocycles. The number of thiazole rings is 1. The number of ether oxygens (including phenoxy) is 2. The van der Waals surface area contributed by atoms with Crippen molar-refractivity contribution in [1.29, 1.82) is 5.26 Å². The number of nitriles is 1. The molecule has 0 bridgehead atoms. The van der Waals surface area contributed by atoms with Gasteiger partial charge in [-0.05, 0) is 52.4 Å². The minimum absolute atomic E-state index is 0.125. The third-order valence-electron chi connectivity index (χ3n) is 5.36.